The first-order chi connectivity index (χ1) is 18.5. The molecule has 0 atom stereocenters. The van der Waals surface area contributed by atoms with Crippen molar-refractivity contribution >= 4 is 29.1 Å². The number of hydrogen-bond donors (Lipinski definition) is 1. The van der Waals surface area contributed by atoms with E-state index in [-0.39, 0.29) is 23.7 Å². The van der Waals surface area contributed by atoms with Crippen LogP contribution in [0.1, 0.15) is 40.3 Å². The number of aromatic nitrogens is 4. The van der Waals surface area contributed by atoms with E-state index >= 15 is 0 Å². The van der Waals surface area contributed by atoms with Crippen LogP contribution in [0.25, 0.3) is 5.65 Å². The molecule has 38 heavy (non-hydrogen) atoms. The molecule has 0 aliphatic carbocycles. The van der Waals surface area contributed by atoms with Crippen molar-refractivity contribution in [2.24, 2.45) is 0 Å². The minimum Gasteiger partial charge on any atom is -0.381 e. The Labute approximate surface area is 225 Å². The van der Waals surface area contributed by atoms with E-state index in [4.69, 9.17) is 16.3 Å². The molecule has 1 saturated heterocycles. The third-order valence-electron chi connectivity index (χ3n) is 7.72. The lowest BCUT2D eigenvalue weighted by Gasteiger charge is -2.38. The number of carbonyl (C=O) groups excluding carboxylic acids is 2. The summed E-state index contributed by atoms with van der Waals surface area (Å²) in [4.78, 5) is 37.0. The van der Waals surface area contributed by atoms with Gasteiger partial charge in [-0.2, -0.15) is 0 Å². The second kappa shape index (κ2) is 10.2. The molecule has 2 aliphatic heterocycles. The van der Waals surface area contributed by atoms with Crippen molar-refractivity contribution in [1.29, 1.82) is 0 Å². The highest BCUT2D eigenvalue weighted by molar-refractivity contribution is 6.30. The van der Waals surface area contributed by atoms with Gasteiger partial charge in [0.1, 0.15) is 11.3 Å². The first-order valence-corrected chi connectivity index (χ1v) is 13.2. The van der Waals surface area contributed by atoms with Crippen molar-refractivity contribution in [3.05, 3.63) is 88.9 Å². The first kappa shape index (κ1) is 24.6. The minimum atomic E-state index is -0.220. The van der Waals surface area contributed by atoms with Gasteiger partial charge in [-0.25, -0.2) is 9.97 Å². The van der Waals surface area contributed by atoms with Crippen LogP contribution in [0.2, 0.25) is 5.02 Å². The number of fused-ring (bicyclic) bond motifs is 2. The van der Waals surface area contributed by atoms with E-state index in [1.54, 1.807) is 29.2 Å². The molecule has 9 nitrogen and oxygen atoms in total. The van der Waals surface area contributed by atoms with Gasteiger partial charge < -0.3 is 19.5 Å². The van der Waals surface area contributed by atoms with Crippen LogP contribution in [0.3, 0.4) is 0 Å². The molecule has 2 amide bonds. The molecule has 0 bridgehead atoms. The summed E-state index contributed by atoms with van der Waals surface area (Å²) in [5, 5.41) is 3.85. The lowest BCUT2D eigenvalue weighted by molar-refractivity contribution is -0.131. The summed E-state index contributed by atoms with van der Waals surface area (Å²) in [6.45, 7) is 3.70. The lowest BCUT2D eigenvalue weighted by atomic mass is 9.74. The van der Waals surface area contributed by atoms with Crippen LogP contribution in [0, 0.1) is 0 Å². The lowest BCUT2D eigenvalue weighted by Crippen LogP contribution is -2.44. The maximum absolute atomic E-state index is 13.4. The molecule has 1 N–H and O–H groups in total. The number of amides is 2. The molecule has 0 radical (unpaired) electrons. The van der Waals surface area contributed by atoms with E-state index < -0.39 is 0 Å². The van der Waals surface area contributed by atoms with Gasteiger partial charge in [-0.3, -0.25) is 14.0 Å². The van der Waals surface area contributed by atoms with Crippen LogP contribution in [-0.2, 0) is 34.5 Å². The standard InChI is InChI=1S/C28H29ClN6O3/c29-21-6-4-20(5-7-21)28(8-12-38-13-9-28)18-31-27(37)24-2-1-3-25-32-22(16-35(24)25)14-26(36)33-10-11-34-19-30-15-23(34)17-33/h1-7,15-16,19H,8-14,17-18H2,(H,31,37). The van der Waals surface area contributed by atoms with Crippen molar-refractivity contribution in [3.8, 4) is 0 Å². The van der Waals surface area contributed by atoms with Crippen LogP contribution in [0.4, 0.5) is 0 Å². The highest BCUT2D eigenvalue weighted by Gasteiger charge is 2.35. The molecule has 4 aromatic rings. The average Bonchev–Trinajstić information content (AvgIpc) is 3.58. The maximum atomic E-state index is 13.4. The summed E-state index contributed by atoms with van der Waals surface area (Å²) in [5.41, 5.74) is 3.70. The van der Waals surface area contributed by atoms with Crippen molar-refractivity contribution in [2.45, 2.75) is 37.8 Å². The number of imidazole rings is 2. The second-order valence-electron chi connectivity index (χ2n) is 10.0. The van der Waals surface area contributed by atoms with Crippen LogP contribution < -0.4 is 5.32 Å². The van der Waals surface area contributed by atoms with Crippen LogP contribution in [-0.4, -0.2) is 62.0 Å². The summed E-state index contributed by atoms with van der Waals surface area (Å²) in [5.74, 6) is -0.175. The Morgan fingerprint density at radius 2 is 1.89 bits per heavy atom. The predicted octanol–water partition coefficient (Wildman–Crippen LogP) is 3.25. The smallest absolute Gasteiger partial charge is 0.268 e. The Balaban J connectivity index is 1.17. The third-order valence-corrected chi connectivity index (χ3v) is 7.97. The average molecular weight is 533 g/mol. The summed E-state index contributed by atoms with van der Waals surface area (Å²) in [6.07, 6.45) is 7.19. The number of ether oxygens (including phenoxy) is 1. The molecular weight excluding hydrogens is 504 g/mol. The SMILES string of the molecule is O=C(NCC1(c2ccc(Cl)cc2)CCOCC1)c1cccc2nc(CC(=O)N3CCn4cncc4C3)cn12. The summed E-state index contributed by atoms with van der Waals surface area (Å²) >= 11 is 6.12. The fourth-order valence-corrected chi connectivity index (χ4v) is 5.59. The molecule has 1 fully saturated rings. The first-order valence-electron chi connectivity index (χ1n) is 12.9. The number of carbonyl (C=O) groups is 2. The Hall–Kier alpha value is -3.69. The number of nitrogens with zero attached hydrogens (tertiary/aromatic N) is 5. The fraction of sp³-hybridized carbons (Fsp3) is 0.357. The van der Waals surface area contributed by atoms with Gasteiger partial charge in [-0.15, -0.1) is 0 Å². The number of nitrogens with one attached hydrogen (secondary N) is 1. The molecule has 0 spiro atoms. The van der Waals surface area contributed by atoms with Gasteiger partial charge in [0.05, 0.1) is 30.7 Å². The Kier molecular flexibility index (Phi) is 6.63. The molecule has 6 rings (SSSR count). The van der Waals surface area contributed by atoms with E-state index in [0.29, 0.717) is 54.9 Å². The molecule has 3 aromatic heterocycles. The molecule has 0 unspecified atom stereocenters. The second-order valence-corrected chi connectivity index (χ2v) is 10.5. The van der Waals surface area contributed by atoms with Crippen LogP contribution in [0.15, 0.2) is 61.2 Å². The van der Waals surface area contributed by atoms with Crippen molar-refractivity contribution in [3.63, 3.8) is 0 Å². The zero-order valence-electron chi connectivity index (χ0n) is 21.0. The number of pyridine rings is 1. The molecule has 2 aliphatic rings. The summed E-state index contributed by atoms with van der Waals surface area (Å²) in [6, 6.07) is 13.3. The van der Waals surface area contributed by atoms with Gasteiger partial charge in [0.2, 0.25) is 5.91 Å². The molecule has 196 valence electrons. The molecular formula is C28H29ClN6O3. The van der Waals surface area contributed by atoms with Gasteiger partial charge in [0.15, 0.2) is 0 Å². The van der Waals surface area contributed by atoms with E-state index in [1.807, 2.05) is 41.3 Å². The Morgan fingerprint density at radius 1 is 1.08 bits per heavy atom. The van der Waals surface area contributed by atoms with Crippen molar-refractivity contribution in [2.75, 3.05) is 26.3 Å². The quantitative estimate of drug-likeness (QED) is 0.411. The van der Waals surface area contributed by atoms with E-state index in [9.17, 15) is 9.59 Å². The van der Waals surface area contributed by atoms with Gasteiger partial charge in [0, 0.05) is 55.7 Å². The predicted molar refractivity (Wildman–Crippen MR) is 142 cm³/mol. The van der Waals surface area contributed by atoms with Gasteiger partial charge in [-0.1, -0.05) is 29.8 Å². The largest absolute Gasteiger partial charge is 0.381 e. The summed E-state index contributed by atoms with van der Waals surface area (Å²) in [7, 11) is 0. The van der Waals surface area contributed by atoms with E-state index in [1.165, 1.54) is 0 Å². The van der Waals surface area contributed by atoms with Crippen molar-refractivity contribution in [1.82, 2.24) is 29.2 Å². The van der Waals surface area contributed by atoms with E-state index in [2.05, 4.69) is 19.9 Å². The van der Waals surface area contributed by atoms with Crippen LogP contribution in [0.5, 0.6) is 0 Å². The number of hydrogen-bond acceptors (Lipinski definition) is 5. The summed E-state index contributed by atoms with van der Waals surface area (Å²) < 4.78 is 9.46. The molecule has 1 aromatic carbocycles. The number of rotatable bonds is 6. The van der Waals surface area contributed by atoms with E-state index in [0.717, 1.165) is 30.6 Å². The molecule has 10 heteroatoms. The highest BCUT2D eigenvalue weighted by atomic mass is 35.5. The zero-order chi connectivity index (χ0) is 26.1. The number of benzene rings is 1. The number of halogens is 1. The fourth-order valence-electron chi connectivity index (χ4n) is 5.47. The Morgan fingerprint density at radius 3 is 2.71 bits per heavy atom. The van der Waals surface area contributed by atoms with Crippen molar-refractivity contribution < 1.29 is 14.3 Å². The highest BCUT2D eigenvalue weighted by Crippen LogP contribution is 2.35. The van der Waals surface area contributed by atoms with Gasteiger partial charge in [0.25, 0.3) is 5.91 Å². The van der Waals surface area contributed by atoms with Crippen LogP contribution >= 0.6 is 11.6 Å². The van der Waals surface area contributed by atoms with Gasteiger partial charge in [-0.05, 0) is 42.7 Å². The normalized spacial score (nSPS) is 16.8. The monoisotopic (exact) mass is 532 g/mol. The third kappa shape index (κ3) is 4.79. The molecule has 0 saturated carbocycles. The zero-order valence-corrected chi connectivity index (χ0v) is 21.7. The molecule has 5 heterocycles. The van der Waals surface area contributed by atoms with Gasteiger partial charge >= 0.3 is 0 Å². The Bertz CT molecular complexity index is 1470. The minimum absolute atomic E-state index is 0.0104. The maximum Gasteiger partial charge on any atom is 0.268 e. The topological polar surface area (TPSA) is 93.8 Å².